The van der Waals surface area contributed by atoms with Crippen LogP contribution in [0.15, 0.2) is 42.5 Å². The molecular formula is C27H29ClF3N3O2. The second-order valence-corrected chi connectivity index (χ2v) is 10.3. The molecule has 2 aromatic carbocycles. The minimum atomic E-state index is -4.69. The van der Waals surface area contributed by atoms with E-state index in [1.807, 2.05) is 32.2 Å². The Hall–Kier alpha value is -2.87. The summed E-state index contributed by atoms with van der Waals surface area (Å²) in [5.41, 5.74) is 3.83. The fraction of sp³-hybridized carbons (Fsp3) is 0.444. The molecule has 5 rings (SSSR count). The van der Waals surface area contributed by atoms with Crippen molar-refractivity contribution < 1.29 is 22.7 Å². The number of nitrogens with zero attached hydrogens (tertiary/aromatic N) is 2. The molecule has 1 saturated heterocycles. The van der Waals surface area contributed by atoms with Crippen LogP contribution in [-0.4, -0.2) is 36.5 Å². The van der Waals surface area contributed by atoms with E-state index in [-0.39, 0.29) is 17.1 Å². The van der Waals surface area contributed by atoms with Gasteiger partial charge < -0.3 is 19.5 Å². The highest BCUT2D eigenvalue weighted by Crippen LogP contribution is 2.59. The van der Waals surface area contributed by atoms with Crippen LogP contribution in [0.5, 0.6) is 5.75 Å². The molecule has 1 atom stereocenters. The average molecular weight is 520 g/mol. The first-order valence-corrected chi connectivity index (χ1v) is 12.6. The highest BCUT2D eigenvalue weighted by Gasteiger charge is 2.54. The van der Waals surface area contributed by atoms with Crippen molar-refractivity contribution in [3.05, 3.63) is 58.7 Å². The van der Waals surface area contributed by atoms with Gasteiger partial charge in [-0.25, -0.2) is 0 Å². The molecule has 0 bridgehead atoms. The molecule has 5 nitrogen and oxygen atoms in total. The third-order valence-electron chi connectivity index (χ3n) is 7.91. The monoisotopic (exact) mass is 519 g/mol. The zero-order valence-corrected chi connectivity index (χ0v) is 21.0. The van der Waals surface area contributed by atoms with Gasteiger partial charge in [-0.2, -0.15) is 0 Å². The predicted octanol–water partition coefficient (Wildman–Crippen LogP) is 6.33. The fourth-order valence-corrected chi connectivity index (χ4v) is 6.01. The van der Waals surface area contributed by atoms with Gasteiger partial charge in [0.2, 0.25) is 0 Å². The first-order valence-electron chi connectivity index (χ1n) is 12.3. The molecule has 36 heavy (non-hydrogen) atoms. The predicted molar refractivity (Wildman–Crippen MR) is 135 cm³/mol. The van der Waals surface area contributed by atoms with E-state index >= 15 is 0 Å². The maximum Gasteiger partial charge on any atom is 0.573 e. The Balaban J connectivity index is 1.18. The van der Waals surface area contributed by atoms with Crippen molar-refractivity contribution in [2.45, 2.75) is 39.0 Å². The number of piperidine rings is 1. The number of hydrogen-bond acceptors (Lipinski definition) is 3. The number of alkyl halides is 3. The lowest BCUT2D eigenvalue weighted by Gasteiger charge is -2.34. The molecular weight excluding hydrogens is 491 g/mol. The average Bonchev–Trinajstić information content (AvgIpc) is 3.43. The lowest BCUT2D eigenvalue weighted by Crippen LogP contribution is -2.36. The number of benzene rings is 2. The van der Waals surface area contributed by atoms with Crippen LogP contribution in [0, 0.1) is 11.3 Å². The minimum Gasteiger partial charge on any atom is -0.406 e. The molecule has 2 aliphatic rings. The number of rotatable bonds is 6. The number of ether oxygens (including phenoxy) is 1. The van der Waals surface area contributed by atoms with E-state index in [2.05, 4.69) is 19.5 Å². The molecule has 0 radical (unpaired) electrons. The Bertz CT molecular complexity index is 1280. The van der Waals surface area contributed by atoms with E-state index in [1.54, 1.807) is 12.1 Å². The molecule has 1 aliphatic heterocycles. The number of carbonyl (C=O) groups is 1. The van der Waals surface area contributed by atoms with Crippen molar-refractivity contribution in [3.8, 4) is 5.75 Å². The Kier molecular flexibility index (Phi) is 6.35. The van der Waals surface area contributed by atoms with Crippen molar-refractivity contribution in [2.24, 2.45) is 18.4 Å². The van der Waals surface area contributed by atoms with Crippen LogP contribution in [0.1, 0.15) is 42.2 Å². The number of nitrogens with one attached hydrogen (secondary N) is 1. The quantitative estimate of drug-likeness (QED) is 0.414. The minimum absolute atomic E-state index is 0.0552. The summed E-state index contributed by atoms with van der Waals surface area (Å²) in [7, 11) is 1.98. The van der Waals surface area contributed by atoms with Gasteiger partial charge in [-0.1, -0.05) is 18.5 Å². The number of amides is 1. The molecule has 2 fully saturated rings. The van der Waals surface area contributed by atoms with Gasteiger partial charge in [-0.15, -0.1) is 13.2 Å². The lowest BCUT2D eigenvalue weighted by molar-refractivity contribution is -0.274. The van der Waals surface area contributed by atoms with Crippen LogP contribution in [0.3, 0.4) is 0 Å². The molecule has 1 spiro atoms. The van der Waals surface area contributed by atoms with Crippen molar-refractivity contribution in [1.82, 2.24) is 9.88 Å². The molecule has 1 saturated carbocycles. The first kappa shape index (κ1) is 24.8. The van der Waals surface area contributed by atoms with Crippen LogP contribution in [0.2, 0.25) is 5.02 Å². The molecule has 192 valence electrons. The summed E-state index contributed by atoms with van der Waals surface area (Å²) >= 11 is 6.23. The van der Waals surface area contributed by atoms with E-state index in [0.717, 1.165) is 61.1 Å². The number of aryl methyl sites for hydroxylation is 1. The third-order valence-corrected chi connectivity index (χ3v) is 8.14. The fourth-order valence-electron chi connectivity index (χ4n) is 5.84. The highest BCUT2D eigenvalue weighted by atomic mass is 35.5. The van der Waals surface area contributed by atoms with Crippen LogP contribution >= 0.6 is 11.6 Å². The van der Waals surface area contributed by atoms with Crippen molar-refractivity contribution >= 4 is 34.1 Å². The number of fused-ring (bicyclic) bond motifs is 1. The van der Waals surface area contributed by atoms with E-state index in [9.17, 15) is 18.0 Å². The zero-order valence-electron chi connectivity index (χ0n) is 20.3. The molecule has 3 aromatic rings. The zero-order chi connectivity index (χ0) is 25.7. The lowest BCUT2D eigenvalue weighted by atomic mass is 9.90. The number of carbonyl (C=O) groups excluding carboxylic acids is 1. The van der Waals surface area contributed by atoms with Gasteiger partial charge in [0.05, 0.1) is 5.56 Å². The molecule has 1 N–H and O–H groups in total. The van der Waals surface area contributed by atoms with Gasteiger partial charge in [-0.05, 0) is 79.5 Å². The summed E-state index contributed by atoms with van der Waals surface area (Å²) in [6.45, 7) is 4.37. The Morgan fingerprint density at radius 2 is 1.86 bits per heavy atom. The molecule has 1 amide bonds. The molecule has 2 heterocycles. The van der Waals surface area contributed by atoms with Crippen molar-refractivity contribution in [2.75, 3.05) is 24.5 Å². The smallest absolute Gasteiger partial charge is 0.406 e. The first-order chi connectivity index (χ1) is 17.1. The molecule has 1 unspecified atom stereocenters. The normalized spacial score (nSPS) is 19.1. The second-order valence-electron chi connectivity index (χ2n) is 9.90. The number of anilines is 1. The molecule has 1 aromatic heterocycles. The summed E-state index contributed by atoms with van der Waals surface area (Å²) < 4.78 is 43.2. The van der Waals surface area contributed by atoms with Gasteiger partial charge in [0.25, 0.3) is 5.91 Å². The summed E-state index contributed by atoms with van der Waals surface area (Å²) in [4.78, 5) is 15.5. The van der Waals surface area contributed by atoms with E-state index in [1.165, 1.54) is 12.1 Å². The number of hydrogen-bond donors (Lipinski definition) is 1. The van der Waals surface area contributed by atoms with Crippen LogP contribution in [0.4, 0.5) is 18.9 Å². The topological polar surface area (TPSA) is 46.5 Å². The van der Waals surface area contributed by atoms with E-state index in [0.29, 0.717) is 23.0 Å². The van der Waals surface area contributed by atoms with E-state index in [4.69, 9.17) is 11.6 Å². The largest absolute Gasteiger partial charge is 0.573 e. The Labute approximate surface area is 213 Å². The van der Waals surface area contributed by atoms with E-state index < -0.39 is 6.36 Å². The van der Waals surface area contributed by atoms with Gasteiger partial charge in [-0.3, -0.25) is 4.79 Å². The summed E-state index contributed by atoms with van der Waals surface area (Å²) in [6, 6.07) is 11.7. The molecule has 1 aliphatic carbocycles. The number of aromatic nitrogens is 1. The summed E-state index contributed by atoms with van der Waals surface area (Å²) in [5, 5.41) is 4.68. The van der Waals surface area contributed by atoms with Crippen LogP contribution < -0.4 is 15.0 Å². The molecule has 9 heteroatoms. The summed E-state index contributed by atoms with van der Waals surface area (Å²) in [5.74, 6) is 0.174. The standard InChI is InChI=1S/C27H29ClF3N3O2/c1-3-22-24(21-14-18(28)4-9-23(21)33(22)2)25(35)32-16-17-15-26(17)10-12-34(13-11-26)19-5-7-20(8-6-19)36-27(29,30)31/h4-9,14,17H,3,10-13,15-16H2,1-2H3,(H,32,35). The van der Waals surface area contributed by atoms with Crippen LogP contribution in [0.25, 0.3) is 10.9 Å². The SMILES string of the molecule is CCc1c(C(=O)NCC2CC23CCN(c2ccc(OC(F)(F)F)cc2)CC3)c2cc(Cl)ccc2n1C. The summed E-state index contributed by atoms with van der Waals surface area (Å²) in [6.07, 6.45) is -0.857. The highest BCUT2D eigenvalue weighted by molar-refractivity contribution is 6.31. The van der Waals surface area contributed by atoms with Crippen LogP contribution in [-0.2, 0) is 13.5 Å². The second kappa shape index (κ2) is 9.21. The van der Waals surface area contributed by atoms with Gasteiger partial charge in [0, 0.05) is 54.0 Å². The Morgan fingerprint density at radius 3 is 2.50 bits per heavy atom. The van der Waals surface area contributed by atoms with Crippen molar-refractivity contribution in [1.29, 1.82) is 0 Å². The maximum atomic E-state index is 13.3. The third kappa shape index (κ3) is 4.75. The van der Waals surface area contributed by atoms with Gasteiger partial charge in [0.1, 0.15) is 5.75 Å². The Morgan fingerprint density at radius 1 is 1.17 bits per heavy atom. The number of halogens is 4. The van der Waals surface area contributed by atoms with Crippen molar-refractivity contribution in [3.63, 3.8) is 0 Å². The van der Waals surface area contributed by atoms with Gasteiger partial charge >= 0.3 is 6.36 Å². The maximum absolute atomic E-state index is 13.3. The van der Waals surface area contributed by atoms with Gasteiger partial charge in [0.15, 0.2) is 0 Å².